The predicted octanol–water partition coefficient (Wildman–Crippen LogP) is 5.95. The van der Waals surface area contributed by atoms with E-state index >= 15 is 0 Å². The van der Waals surface area contributed by atoms with Gasteiger partial charge in [-0.15, -0.1) is 0 Å². The van der Waals surface area contributed by atoms with Gasteiger partial charge >= 0.3 is 12.1 Å². The van der Waals surface area contributed by atoms with Gasteiger partial charge in [-0.1, -0.05) is 67.9 Å². The van der Waals surface area contributed by atoms with E-state index in [4.69, 9.17) is 9.47 Å². The Kier molecular flexibility index (Phi) is 14.7. The average molecular weight is 668 g/mol. The number of aryl methyl sites for hydroxylation is 2. The first-order valence-electron chi connectivity index (χ1n) is 16.8. The van der Waals surface area contributed by atoms with Gasteiger partial charge < -0.3 is 30.1 Å². The Labute approximate surface area is 287 Å². The second-order valence-electron chi connectivity index (χ2n) is 15.0. The normalized spacial score (nSPS) is 14.4. The molecule has 0 fully saturated rings. The van der Waals surface area contributed by atoms with E-state index in [2.05, 4.69) is 24.5 Å². The van der Waals surface area contributed by atoms with Crippen LogP contribution in [0.5, 0.6) is 0 Å². The predicted molar refractivity (Wildman–Crippen MR) is 187 cm³/mol. The molecule has 2 aromatic carbocycles. The van der Waals surface area contributed by atoms with Gasteiger partial charge in [-0.3, -0.25) is 9.59 Å². The number of aliphatic hydroxyl groups excluding tert-OH is 1. The van der Waals surface area contributed by atoms with Crippen LogP contribution < -0.4 is 10.6 Å². The average Bonchev–Trinajstić information content (AvgIpc) is 2.96. The van der Waals surface area contributed by atoms with Crippen LogP contribution >= 0.6 is 0 Å². The summed E-state index contributed by atoms with van der Waals surface area (Å²) in [6.45, 7) is 19.4. The summed E-state index contributed by atoms with van der Waals surface area (Å²) in [6.07, 6.45) is 0.592. The van der Waals surface area contributed by atoms with E-state index in [1.165, 1.54) is 4.90 Å². The van der Waals surface area contributed by atoms with Gasteiger partial charge in [0.05, 0.1) is 6.61 Å². The number of carbonyl (C=O) groups excluding carboxylic acids is 4. The molecule has 10 heteroatoms. The minimum atomic E-state index is -1.40. The molecule has 0 aromatic heterocycles. The standard InChI is InChI=1S/C38H57N3O7/c1-24(2)17-20-27(5)41(34(44)31(23-42)40-36(46)48-38(9,10)11)32(29-21-25(3)18-19-26(29)4)33(43)39-30(35(45)47-37(6,7)8)22-28-15-13-12-14-16-28/h12-16,18-19,21,24,27,30-32,42H,17,20,22-23H2,1-11H3,(H,39,43)(H,40,46). The Morgan fingerprint density at radius 2 is 1.42 bits per heavy atom. The molecule has 0 aliphatic rings. The Hall–Kier alpha value is -3.92. The van der Waals surface area contributed by atoms with E-state index in [1.54, 1.807) is 41.5 Å². The SMILES string of the molecule is Cc1ccc(C)c(C(C(=O)NC(Cc2ccccc2)C(=O)OC(C)(C)C)N(C(=O)C(CO)NC(=O)OC(C)(C)C)C(C)CCC(C)C)c1. The third-order valence-corrected chi connectivity index (χ3v) is 7.61. The van der Waals surface area contributed by atoms with E-state index in [-0.39, 0.29) is 6.42 Å². The lowest BCUT2D eigenvalue weighted by Gasteiger charge is -2.39. The number of hydrogen-bond donors (Lipinski definition) is 3. The first-order chi connectivity index (χ1) is 22.2. The number of nitrogens with one attached hydrogen (secondary N) is 2. The highest BCUT2D eigenvalue weighted by molar-refractivity contribution is 5.94. The molecule has 0 aliphatic carbocycles. The number of alkyl carbamates (subject to hydrolysis) is 1. The van der Waals surface area contributed by atoms with Crippen molar-refractivity contribution in [3.05, 3.63) is 70.8 Å². The van der Waals surface area contributed by atoms with Crippen molar-refractivity contribution < 1.29 is 33.8 Å². The molecule has 266 valence electrons. The molecule has 0 saturated heterocycles. The van der Waals surface area contributed by atoms with Crippen molar-refractivity contribution in [1.29, 1.82) is 0 Å². The highest BCUT2D eigenvalue weighted by atomic mass is 16.6. The lowest BCUT2D eigenvalue weighted by atomic mass is 9.93. The van der Waals surface area contributed by atoms with E-state index in [0.717, 1.165) is 23.1 Å². The van der Waals surface area contributed by atoms with Gasteiger partial charge in [-0.25, -0.2) is 9.59 Å². The van der Waals surface area contributed by atoms with Crippen molar-refractivity contribution in [2.75, 3.05) is 6.61 Å². The molecule has 0 bridgehead atoms. The second kappa shape index (κ2) is 17.5. The summed E-state index contributed by atoms with van der Waals surface area (Å²) in [4.78, 5) is 57.0. The molecule has 4 unspecified atom stereocenters. The smallest absolute Gasteiger partial charge is 0.408 e. The molecule has 0 aliphatic heterocycles. The van der Waals surface area contributed by atoms with Crippen molar-refractivity contribution in [2.24, 2.45) is 5.92 Å². The maximum atomic E-state index is 14.7. The number of esters is 1. The number of hydrogen-bond acceptors (Lipinski definition) is 7. The molecule has 48 heavy (non-hydrogen) atoms. The number of nitrogens with zero attached hydrogens (tertiary/aromatic N) is 1. The molecule has 3 N–H and O–H groups in total. The number of benzene rings is 2. The number of aliphatic hydroxyl groups is 1. The van der Waals surface area contributed by atoms with Crippen LogP contribution in [0, 0.1) is 19.8 Å². The largest absolute Gasteiger partial charge is 0.458 e. The summed E-state index contributed by atoms with van der Waals surface area (Å²) in [6, 6.07) is 10.8. The van der Waals surface area contributed by atoms with E-state index in [9.17, 15) is 24.3 Å². The third-order valence-electron chi connectivity index (χ3n) is 7.61. The molecule has 0 heterocycles. The van der Waals surface area contributed by atoms with E-state index in [0.29, 0.717) is 17.9 Å². The van der Waals surface area contributed by atoms with Crippen LogP contribution in [-0.2, 0) is 30.3 Å². The highest BCUT2D eigenvalue weighted by Gasteiger charge is 2.41. The lowest BCUT2D eigenvalue weighted by Crippen LogP contribution is -2.58. The van der Waals surface area contributed by atoms with E-state index < -0.39 is 65.9 Å². The molecule has 3 amide bonds. The summed E-state index contributed by atoms with van der Waals surface area (Å²) >= 11 is 0. The summed E-state index contributed by atoms with van der Waals surface area (Å²) < 4.78 is 11.1. The zero-order valence-corrected chi connectivity index (χ0v) is 30.7. The summed E-state index contributed by atoms with van der Waals surface area (Å²) in [7, 11) is 0. The van der Waals surface area contributed by atoms with Crippen LogP contribution in [0.3, 0.4) is 0 Å². The Bertz CT molecular complexity index is 1380. The second-order valence-corrected chi connectivity index (χ2v) is 15.0. The van der Waals surface area contributed by atoms with E-state index in [1.807, 2.05) is 69.3 Å². The van der Waals surface area contributed by atoms with Crippen molar-refractivity contribution in [2.45, 2.75) is 131 Å². The molecule has 2 rings (SSSR count). The fourth-order valence-corrected chi connectivity index (χ4v) is 5.27. The highest BCUT2D eigenvalue weighted by Crippen LogP contribution is 2.31. The molecule has 0 radical (unpaired) electrons. The van der Waals surface area contributed by atoms with Crippen molar-refractivity contribution >= 4 is 23.9 Å². The number of ether oxygens (including phenoxy) is 2. The topological polar surface area (TPSA) is 134 Å². The van der Waals surface area contributed by atoms with Gasteiger partial charge in [-0.2, -0.15) is 0 Å². The number of rotatable bonds is 14. The van der Waals surface area contributed by atoms with Crippen molar-refractivity contribution in [3.63, 3.8) is 0 Å². The minimum absolute atomic E-state index is 0.164. The maximum absolute atomic E-state index is 14.7. The first kappa shape index (κ1) is 40.3. The Morgan fingerprint density at radius 3 is 1.96 bits per heavy atom. The maximum Gasteiger partial charge on any atom is 0.408 e. The molecule has 10 nitrogen and oxygen atoms in total. The Balaban J connectivity index is 2.71. The zero-order chi connectivity index (χ0) is 36.4. The van der Waals surface area contributed by atoms with Crippen LogP contribution in [0.4, 0.5) is 4.79 Å². The molecular formula is C38H57N3O7. The quantitative estimate of drug-likeness (QED) is 0.212. The zero-order valence-electron chi connectivity index (χ0n) is 30.7. The number of carbonyl (C=O) groups is 4. The van der Waals surface area contributed by atoms with Gasteiger partial charge in [0.25, 0.3) is 0 Å². The summed E-state index contributed by atoms with van der Waals surface area (Å²) in [5.41, 5.74) is 1.36. The fourth-order valence-electron chi connectivity index (χ4n) is 5.27. The van der Waals surface area contributed by atoms with Crippen molar-refractivity contribution in [1.82, 2.24) is 15.5 Å². The molecule has 4 atom stereocenters. The molecular weight excluding hydrogens is 610 g/mol. The van der Waals surface area contributed by atoms with Crippen LogP contribution in [-0.4, -0.2) is 69.8 Å². The van der Waals surface area contributed by atoms with Gasteiger partial charge in [0.15, 0.2) is 0 Å². The van der Waals surface area contributed by atoms with Gasteiger partial charge in [0.2, 0.25) is 11.8 Å². The fraction of sp³-hybridized carbons (Fsp3) is 0.579. The first-order valence-corrected chi connectivity index (χ1v) is 16.8. The van der Waals surface area contributed by atoms with Gasteiger partial charge in [-0.05, 0) is 97.8 Å². The Morgan fingerprint density at radius 1 is 0.812 bits per heavy atom. The summed E-state index contributed by atoms with van der Waals surface area (Å²) in [5.74, 6) is -1.54. The number of amides is 3. The summed E-state index contributed by atoms with van der Waals surface area (Å²) in [5, 5.41) is 15.8. The van der Waals surface area contributed by atoms with Crippen LogP contribution in [0.15, 0.2) is 48.5 Å². The van der Waals surface area contributed by atoms with Crippen molar-refractivity contribution in [3.8, 4) is 0 Å². The third kappa shape index (κ3) is 12.9. The molecule has 0 saturated carbocycles. The molecule has 2 aromatic rings. The van der Waals surface area contributed by atoms with Crippen LogP contribution in [0.25, 0.3) is 0 Å². The minimum Gasteiger partial charge on any atom is -0.458 e. The molecule has 0 spiro atoms. The monoisotopic (exact) mass is 667 g/mol. The van der Waals surface area contributed by atoms with Gasteiger partial charge in [0, 0.05) is 12.5 Å². The lowest BCUT2D eigenvalue weighted by molar-refractivity contribution is -0.159. The van der Waals surface area contributed by atoms with Crippen LogP contribution in [0.2, 0.25) is 0 Å². The van der Waals surface area contributed by atoms with Crippen LogP contribution in [0.1, 0.15) is 103 Å². The van der Waals surface area contributed by atoms with Gasteiger partial charge in [0.1, 0.15) is 29.3 Å².